The summed E-state index contributed by atoms with van der Waals surface area (Å²) in [5.41, 5.74) is -0.191. The maximum atomic E-state index is 13.7. The van der Waals surface area contributed by atoms with Crippen LogP contribution in [0.4, 0.5) is 4.39 Å². The van der Waals surface area contributed by atoms with E-state index in [4.69, 9.17) is 9.26 Å². The topological polar surface area (TPSA) is 84.6 Å². The van der Waals surface area contributed by atoms with Gasteiger partial charge in [0.05, 0.1) is 13.1 Å². The van der Waals surface area contributed by atoms with Gasteiger partial charge >= 0.3 is 0 Å². The highest BCUT2D eigenvalue weighted by molar-refractivity contribution is 5.79. The van der Waals surface area contributed by atoms with Crippen molar-refractivity contribution in [1.29, 1.82) is 0 Å². The first kappa shape index (κ1) is 20.7. The van der Waals surface area contributed by atoms with Gasteiger partial charge in [-0.25, -0.2) is 4.39 Å². The highest BCUT2D eigenvalue weighted by Crippen LogP contribution is 2.19. The van der Waals surface area contributed by atoms with E-state index >= 15 is 0 Å². The van der Waals surface area contributed by atoms with Crippen LogP contribution in [0.3, 0.4) is 0 Å². The molecule has 2 rings (SSSR count). The molecule has 0 saturated heterocycles. The lowest BCUT2D eigenvalue weighted by atomic mass is 9.97. The summed E-state index contributed by atoms with van der Waals surface area (Å²) in [6, 6.07) is 6.38. The predicted molar refractivity (Wildman–Crippen MR) is 102 cm³/mol. The molecule has 1 unspecified atom stereocenters. The summed E-state index contributed by atoms with van der Waals surface area (Å²) in [6.07, 6.45) is 0.524. The fourth-order valence-electron chi connectivity index (χ4n) is 2.21. The van der Waals surface area contributed by atoms with Gasteiger partial charge in [-0.1, -0.05) is 45.0 Å². The molecule has 27 heavy (non-hydrogen) atoms. The van der Waals surface area contributed by atoms with Crippen molar-refractivity contribution in [2.45, 2.75) is 52.2 Å². The Morgan fingerprint density at radius 3 is 2.63 bits per heavy atom. The number of benzene rings is 1. The minimum absolute atomic E-state index is 0.191. The lowest BCUT2D eigenvalue weighted by molar-refractivity contribution is 0.191. The van der Waals surface area contributed by atoms with E-state index in [0.29, 0.717) is 30.8 Å². The van der Waals surface area contributed by atoms with Gasteiger partial charge in [-0.05, 0) is 18.6 Å². The SMILES string of the molecule is CCC(CNC(=NC)NCc1noc(C(C)(C)C)n1)Oc1ccccc1F. The van der Waals surface area contributed by atoms with Crippen molar-refractivity contribution in [3.05, 3.63) is 41.8 Å². The van der Waals surface area contributed by atoms with Crippen molar-refractivity contribution >= 4 is 5.96 Å². The van der Waals surface area contributed by atoms with E-state index in [0.717, 1.165) is 6.42 Å². The Kier molecular flexibility index (Phi) is 7.15. The van der Waals surface area contributed by atoms with Crippen LogP contribution in [-0.2, 0) is 12.0 Å². The summed E-state index contributed by atoms with van der Waals surface area (Å²) >= 11 is 0. The summed E-state index contributed by atoms with van der Waals surface area (Å²) in [6.45, 7) is 8.88. The van der Waals surface area contributed by atoms with Gasteiger partial charge < -0.3 is 19.9 Å². The molecule has 0 aliphatic heterocycles. The van der Waals surface area contributed by atoms with Crippen LogP contribution in [0.15, 0.2) is 33.8 Å². The molecule has 0 amide bonds. The molecule has 0 aliphatic rings. The van der Waals surface area contributed by atoms with E-state index in [9.17, 15) is 4.39 Å². The molecule has 0 bridgehead atoms. The molecule has 0 radical (unpaired) electrons. The first-order valence-electron chi connectivity index (χ1n) is 9.02. The van der Waals surface area contributed by atoms with Gasteiger partial charge in [0.25, 0.3) is 0 Å². The molecule has 148 valence electrons. The number of rotatable bonds is 7. The van der Waals surface area contributed by atoms with Crippen LogP contribution in [0, 0.1) is 5.82 Å². The third kappa shape index (κ3) is 6.23. The zero-order valence-electron chi connectivity index (χ0n) is 16.5. The van der Waals surface area contributed by atoms with Crippen LogP contribution >= 0.6 is 0 Å². The molecule has 0 fully saturated rings. The Balaban J connectivity index is 1.85. The zero-order chi connectivity index (χ0) is 19.9. The number of hydrogen-bond acceptors (Lipinski definition) is 5. The molecule has 0 aliphatic carbocycles. The van der Waals surface area contributed by atoms with Crippen molar-refractivity contribution in [3.8, 4) is 5.75 Å². The Morgan fingerprint density at radius 2 is 2.04 bits per heavy atom. The Morgan fingerprint density at radius 1 is 1.30 bits per heavy atom. The van der Waals surface area contributed by atoms with Crippen LogP contribution in [0.25, 0.3) is 0 Å². The maximum absolute atomic E-state index is 13.7. The fraction of sp³-hybridized carbons (Fsp3) is 0.526. The molecule has 1 atom stereocenters. The number of para-hydroxylation sites is 1. The molecule has 1 aromatic carbocycles. The van der Waals surface area contributed by atoms with Crippen LogP contribution < -0.4 is 15.4 Å². The summed E-state index contributed by atoms with van der Waals surface area (Å²) in [5.74, 6) is 1.60. The normalized spacial score (nSPS) is 13.3. The van der Waals surface area contributed by atoms with E-state index in [2.05, 4.69) is 25.8 Å². The summed E-state index contributed by atoms with van der Waals surface area (Å²) in [4.78, 5) is 8.54. The average molecular weight is 377 g/mol. The minimum atomic E-state index is -0.370. The monoisotopic (exact) mass is 377 g/mol. The molecule has 0 saturated carbocycles. The van der Waals surface area contributed by atoms with Crippen LogP contribution in [0.1, 0.15) is 45.8 Å². The number of guanidine groups is 1. The van der Waals surface area contributed by atoms with E-state index in [1.165, 1.54) is 6.07 Å². The molecular weight excluding hydrogens is 349 g/mol. The number of hydrogen-bond donors (Lipinski definition) is 2. The second-order valence-electron chi connectivity index (χ2n) is 7.15. The van der Waals surface area contributed by atoms with Crippen LogP contribution in [-0.4, -0.2) is 35.8 Å². The average Bonchev–Trinajstić information content (AvgIpc) is 3.11. The number of halogens is 1. The highest BCUT2D eigenvalue weighted by atomic mass is 19.1. The first-order chi connectivity index (χ1) is 12.8. The molecule has 1 heterocycles. The Bertz CT molecular complexity index is 755. The van der Waals surface area contributed by atoms with Gasteiger partial charge in [-0.3, -0.25) is 4.99 Å². The molecule has 2 aromatic rings. The Hall–Kier alpha value is -2.64. The smallest absolute Gasteiger partial charge is 0.232 e. The molecular formula is C19H28FN5O2. The quantitative estimate of drug-likeness (QED) is 0.570. The van der Waals surface area contributed by atoms with E-state index in [1.54, 1.807) is 25.2 Å². The number of aliphatic imine (C=N–C) groups is 1. The molecule has 0 spiro atoms. The summed E-state index contributed by atoms with van der Waals surface area (Å²) in [5, 5.41) is 10.3. The van der Waals surface area contributed by atoms with Gasteiger partial charge in [0.2, 0.25) is 5.89 Å². The van der Waals surface area contributed by atoms with E-state index in [-0.39, 0.29) is 23.1 Å². The van der Waals surface area contributed by atoms with Gasteiger partial charge in [0.1, 0.15) is 6.10 Å². The molecule has 8 heteroatoms. The first-order valence-corrected chi connectivity index (χ1v) is 9.02. The summed E-state index contributed by atoms with van der Waals surface area (Å²) < 4.78 is 24.7. The van der Waals surface area contributed by atoms with Gasteiger partial charge in [0.15, 0.2) is 23.4 Å². The maximum Gasteiger partial charge on any atom is 0.232 e. The minimum Gasteiger partial charge on any atom is -0.486 e. The lowest BCUT2D eigenvalue weighted by Gasteiger charge is -2.20. The Labute approximate surface area is 159 Å². The third-order valence-electron chi connectivity index (χ3n) is 3.83. The highest BCUT2D eigenvalue weighted by Gasteiger charge is 2.21. The third-order valence-corrected chi connectivity index (χ3v) is 3.83. The molecule has 1 aromatic heterocycles. The van der Waals surface area contributed by atoms with Gasteiger partial charge in [-0.15, -0.1) is 0 Å². The summed E-state index contributed by atoms with van der Waals surface area (Å²) in [7, 11) is 1.67. The zero-order valence-corrected chi connectivity index (χ0v) is 16.5. The predicted octanol–water partition coefficient (Wildman–Crippen LogP) is 3.03. The second-order valence-corrected chi connectivity index (χ2v) is 7.15. The fourth-order valence-corrected chi connectivity index (χ4v) is 2.21. The van der Waals surface area contributed by atoms with Crippen molar-refractivity contribution in [3.63, 3.8) is 0 Å². The van der Waals surface area contributed by atoms with Crippen molar-refractivity contribution in [2.24, 2.45) is 4.99 Å². The van der Waals surface area contributed by atoms with Crippen LogP contribution in [0.5, 0.6) is 5.75 Å². The largest absolute Gasteiger partial charge is 0.486 e. The lowest BCUT2D eigenvalue weighted by Crippen LogP contribution is -2.42. The standard InChI is InChI=1S/C19H28FN5O2/c1-6-13(26-15-10-8-7-9-14(15)20)11-22-18(21-5)23-12-16-24-17(27-25-16)19(2,3)4/h7-10,13H,6,11-12H2,1-5H3,(H2,21,22,23). The van der Waals surface area contributed by atoms with Crippen LogP contribution in [0.2, 0.25) is 0 Å². The second kappa shape index (κ2) is 9.34. The van der Waals surface area contributed by atoms with Crippen molar-refractivity contribution in [1.82, 2.24) is 20.8 Å². The van der Waals surface area contributed by atoms with E-state index < -0.39 is 0 Å². The number of aromatic nitrogens is 2. The molecule has 2 N–H and O–H groups in total. The van der Waals surface area contributed by atoms with E-state index in [1.807, 2.05) is 27.7 Å². The number of nitrogens with one attached hydrogen (secondary N) is 2. The number of ether oxygens (including phenoxy) is 1. The van der Waals surface area contributed by atoms with Gasteiger partial charge in [-0.2, -0.15) is 4.98 Å². The number of nitrogens with zero attached hydrogens (tertiary/aromatic N) is 3. The van der Waals surface area contributed by atoms with Crippen molar-refractivity contribution < 1.29 is 13.7 Å². The van der Waals surface area contributed by atoms with Gasteiger partial charge in [0, 0.05) is 12.5 Å². The van der Waals surface area contributed by atoms with Crippen molar-refractivity contribution in [2.75, 3.05) is 13.6 Å². The molecule has 7 nitrogen and oxygen atoms in total.